The highest BCUT2D eigenvalue weighted by atomic mass is 32.2. The van der Waals surface area contributed by atoms with Crippen LogP contribution in [0.4, 0.5) is 4.79 Å². The fourth-order valence-corrected chi connectivity index (χ4v) is 3.73. The number of nitrogens with zero attached hydrogens (tertiary/aromatic N) is 3. The van der Waals surface area contributed by atoms with E-state index < -0.39 is 15.6 Å². The molecule has 0 bridgehead atoms. The first-order chi connectivity index (χ1) is 13.5. The van der Waals surface area contributed by atoms with Gasteiger partial charge in [0.1, 0.15) is 5.60 Å². The second-order valence-corrected chi connectivity index (χ2v) is 10.3. The molecular formula is C19H39N5O4S. The van der Waals surface area contributed by atoms with Gasteiger partial charge >= 0.3 is 6.09 Å². The third kappa shape index (κ3) is 9.66. The molecule has 29 heavy (non-hydrogen) atoms. The number of piperidine rings is 1. The van der Waals surface area contributed by atoms with Crippen LogP contribution in [0.3, 0.4) is 0 Å². The predicted molar refractivity (Wildman–Crippen MR) is 117 cm³/mol. The monoisotopic (exact) mass is 433 g/mol. The molecule has 0 aliphatic carbocycles. The Morgan fingerprint density at radius 2 is 1.83 bits per heavy atom. The van der Waals surface area contributed by atoms with Gasteiger partial charge in [0.25, 0.3) is 0 Å². The lowest BCUT2D eigenvalue weighted by molar-refractivity contribution is 0.0214. The number of nitrogens with one attached hydrogen (secondary N) is 2. The Hall–Kier alpha value is -1.55. The van der Waals surface area contributed by atoms with E-state index in [1.165, 1.54) is 0 Å². The van der Waals surface area contributed by atoms with E-state index in [2.05, 4.69) is 19.9 Å². The second kappa shape index (κ2) is 11.6. The van der Waals surface area contributed by atoms with Crippen LogP contribution >= 0.6 is 0 Å². The van der Waals surface area contributed by atoms with Crippen molar-refractivity contribution in [3.05, 3.63) is 0 Å². The summed E-state index contributed by atoms with van der Waals surface area (Å²) in [6.07, 6.45) is 1.67. The molecule has 0 unspecified atom stereocenters. The van der Waals surface area contributed by atoms with Gasteiger partial charge in [0, 0.05) is 46.3 Å². The van der Waals surface area contributed by atoms with Gasteiger partial charge < -0.3 is 19.9 Å². The van der Waals surface area contributed by atoms with E-state index in [0.29, 0.717) is 32.1 Å². The van der Waals surface area contributed by atoms with E-state index in [1.807, 2.05) is 27.7 Å². The summed E-state index contributed by atoms with van der Waals surface area (Å²) in [5, 5.41) is 3.21. The SMILES string of the molecule is CCN(CC1CCN(C(=NC)NCCNS(=O)(=O)CC)CC1)C(=O)OC(C)(C)C. The Morgan fingerprint density at radius 3 is 2.31 bits per heavy atom. The Morgan fingerprint density at radius 1 is 1.21 bits per heavy atom. The van der Waals surface area contributed by atoms with Crippen LogP contribution in [0.25, 0.3) is 0 Å². The molecule has 1 aliphatic heterocycles. The second-order valence-electron chi connectivity index (χ2n) is 8.22. The maximum absolute atomic E-state index is 12.3. The number of likely N-dealkylation sites (tertiary alicyclic amines) is 1. The molecule has 0 aromatic carbocycles. The van der Waals surface area contributed by atoms with Crippen LogP contribution in [0.1, 0.15) is 47.5 Å². The largest absolute Gasteiger partial charge is 0.444 e. The van der Waals surface area contributed by atoms with Crippen LogP contribution in [0.5, 0.6) is 0 Å². The average Bonchev–Trinajstić information content (AvgIpc) is 2.65. The van der Waals surface area contributed by atoms with E-state index in [-0.39, 0.29) is 11.8 Å². The van der Waals surface area contributed by atoms with Crippen LogP contribution < -0.4 is 10.0 Å². The Kier molecular flexibility index (Phi) is 10.2. The molecule has 0 aromatic heterocycles. The molecule has 1 rings (SSSR count). The number of guanidine groups is 1. The number of sulfonamides is 1. The van der Waals surface area contributed by atoms with Gasteiger partial charge in [-0.15, -0.1) is 0 Å². The van der Waals surface area contributed by atoms with E-state index in [0.717, 1.165) is 31.9 Å². The van der Waals surface area contributed by atoms with Crippen molar-refractivity contribution in [2.24, 2.45) is 10.9 Å². The fraction of sp³-hybridized carbons (Fsp3) is 0.895. The first-order valence-corrected chi connectivity index (χ1v) is 12.1. The molecular weight excluding hydrogens is 394 g/mol. The number of amides is 1. The number of hydrogen-bond donors (Lipinski definition) is 2. The molecule has 1 fully saturated rings. The van der Waals surface area contributed by atoms with Gasteiger partial charge in [0.2, 0.25) is 10.0 Å². The molecule has 2 N–H and O–H groups in total. The van der Waals surface area contributed by atoms with E-state index in [9.17, 15) is 13.2 Å². The van der Waals surface area contributed by atoms with E-state index >= 15 is 0 Å². The number of aliphatic imine (C=N–C) groups is 1. The van der Waals surface area contributed by atoms with Gasteiger partial charge in [-0.05, 0) is 53.4 Å². The van der Waals surface area contributed by atoms with Gasteiger partial charge in [0.15, 0.2) is 5.96 Å². The van der Waals surface area contributed by atoms with Gasteiger partial charge in [-0.3, -0.25) is 4.99 Å². The maximum atomic E-state index is 12.3. The highest BCUT2D eigenvalue weighted by Crippen LogP contribution is 2.20. The number of carbonyl (C=O) groups is 1. The molecule has 0 spiro atoms. The summed E-state index contributed by atoms with van der Waals surface area (Å²) in [5.41, 5.74) is -0.489. The first-order valence-electron chi connectivity index (χ1n) is 10.4. The molecule has 0 radical (unpaired) electrons. The highest BCUT2D eigenvalue weighted by molar-refractivity contribution is 7.89. The molecule has 1 heterocycles. The molecule has 1 saturated heterocycles. The average molecular weight is 434 g/mol. The molecule has 0 atom stereocenters. The van der Waals surface area contributed by atoms with E-state index in [1.54, 1.807) is 18.9 Å². The van der Waals surface area contributed by atoms with Crippen LogP contribution in [-0.4, -0.2) is 87.9 Å². The highest BCUT2D eigenvalue weighted by Gasteiger charge is 2.27. The third-order valence-corrected chi connectivity index (χ3v) is 6.15. The maximum Gasteiger partial charge on any atom is 0.410 e. The number of carbonyl (C=O) groups excluding carboxylic acids is 1. The molecule has 1 aliphatic rings. The molecule has 0 aromatic rings. The van der Waals surface area contributed by atoms with Crippen molar-refractivity contribution >= 4 is 22.1 Å². The lowest BCUT2D eigenvalue weighted by atomic mass is 9.96. The predicted octanol–water partition coefficient (Wildman–Crippen LogP) is 1.47. The molecule has 170 valence electrons. The smallest absolute Gasteiger partial charge is 0.410 e. The zero-order valence-corrected chi connectivity index (χ0v) is 19.6. The summed E-state index contributed by atoms with van der Waals surface area (Å²) in [7, 11) is -1.45. The van der Waals surface area contributed by atoms with Crippen molar-refractivity contribution in [2.75, 3.05) is 52.1 Å². The summed E-state index contributed by atoms with van der Waals surface area (Å²) in [4.78, 5) is 20.6. The molecule has 9 nitrogen and oxygen atoms in total. The van der Waals surface area contributed by atoms with Crippen molar-refractivity contribution in [1.29, 1.82) is 0 Å². The molecule has 1 amide bonds. The summed E-state index contributed by atoms with van der Waals surface area (Å²) < 4.78 is 31.0. The summed E-state index contributed by atoms with van der Waals surface area (Å²) in [6, 6.07) is 0. The van der Waals surface area contributed by atoms with Crippen molar-refractivity contribution in [3.8, 4) is 0 Å². The minimum absolute atomic E-state index is 0.0767. The molecule has 0 saturated carbocycles. The van der Waals surface area contributed by atoms with Crippen LogP contribution in [0.2, 0.25) is 0 Å². The number of ether oxygens (including phenoxy) is 1. The van der Waals surface area contributed by atoms with Crippen LogP contribution in [0, 0.1) is 5.92 Å². The van der Waals surface area contributed by atoms with Crippen molar-refractivity contribution in [2.45, 2.75) is 53.1 Å². The topological polar surface area (TPSA) is 103 Å². The zero-order chi connectivity index (χ0) is 22.1. The summed E-state index contributed by atoms with van der Waals surface area (Å²) in [6.45, 7) is 13.0. The fourth-order valence-electron chi connectivity index (χ4n) is 3.11. The minimum Gasteiger partial charge on any atom is -0.444 e. The standard InChI is InChI=1S/C19H39N5O4S/c1-7-23(18(25)28-19(3,4)5)15-16-9-13-24(14-10-16)17(20-6)21-11-12-22-29(26,27)8-2/h16,22H,7-15H2,1-6H3,(H,20,21). The Bertz CT molecular complexity index is 637. The Labute approximate surface area is 176 Å². The van der Waals surface area contributed by atoms with E-state index in [4.69, 9.17) is 4.74 Å². The van der Waals surface area contributed by atoms with Crippen molar-refractivity contribution in [3.63, 3.8) is 0 Å². The summed E-state index contributed by atoms with van der Waals surface area (Å²) >= 11 is 0. The number of hydrogen-bond acceptors (Lipinski definition) is 5. The van der Waals surface area contributed by atoms with Crippen molar-refractivity contribution < 1.29 is 17.9 Å². The lowest BCUT2D eigenvalue weighted by Gasteiger charge is -2.36. The first kappa shape index (κ1) is 25.5. The molecule has 10 heteroatoms. The van der Waals surface area contributed by atoms with Crippen molar-refractivity contribution in [1.82, 2.24) is 19.8 Å². The van der Waals surface area contributed by atoms with Gasteiger partial charge in [-0.2, -0.15) is 0 Å². The third-order valence-electron chi connectivity index (χ3n) is 4.75. The normalized spacial score (nSPS) is 16.6. The lowest BCUT2D eigenvalue weighted by Crippen LogP contribution is -2.49. The summed E-state index contributed by atoms with van der Waals surface area (Å²) in [5.74, 6) is 1.28. The van der Waals surface area contributed by atoms with Crippen LogP contribution in [-0.2, 0) is 14.8 Å². The van der Waals surface area contributed by atoms with Gasteiger partial charge in [0.05, 0.1) is 5.75 Å². The quantitative estimate of drug-likeness (QED) is 0.341. The minimum atomic E-state index is -3.17. The van der Waals surface area contributed by atoms with Gasteiger partial charge in [-0.25, -0.2) is 17.9 Å². The zero-order valence-electron chi connectivity index (χ0n) is 18.8. The van der Waals surface area contributed by atoms with Crippen LogP contribution in [0.15, 0.2) is 4.99 Å². The van der Waals surface area contributed by atoms with Gasteiger partial charge in [-0.1, -0.05) is 0 Å². The Balaban J connectivity index is 2.44. The number of rotatable bonds is 8.